The van der Waals surface area contributed by atoms with Crippen LogP contribution in [0, 0.1) is 0 Å². The third-order valence-electron chi connectivity index (χ3n) is 3.46. The van der Waals surface area contributed by atoms with Gasteiger partial charge in [0, 0.05) is 21.3 Å². The van der Waals surface area contributed by atoms with Crippen LogP contribution in [-0.4, -0.2) is 13.0 Å². The smallest absolute Gasteiger partial charge is 0.265 e. The van der Waals surface area contributed by atoms with Crippen LogP contribution >= 0.6 is 34.5 Å². The molecule has 0 unspecified atom stereocenters. The summed E-state index contributed by atoms with van der Waals surface area (Å²) in [7, 11) is 1.59. The van der Waals surface area contributed by atoms with Gasteiger partial charge in [-0.25, -0.2) is 0 Å². The molecule has 7 heteroatoms. The van der Waals surface area contributed by atoms with E-state index in [4.69, 9.17) is 32.7 Å². The van der Waals surface area contributed by atoms with E-state index in [0.29, 0.717) is 38.7 Å². The molecule has 0 saturated carbocycles. The van der Waals surface area contributed by atoms with E-state index in [1.807, 2.05) is 29.6 Å². The van der Waals surface area contributed by atoms with E-state index in [1.165, 1.54) is 11.3 Å². The normalized spacial score (nSPS) is 10.4. The summed E-state index contributed by atoms with van der Waals surface area (Å²) in [5.41, 5.74) is 1.45. The van der Waals surface area contributed by atoms with E-state index < -0.39 is 0 Å². The van der Waals surface area contributed by atoms with Crippen LogP contribution in [0.5, 0.6) is 11.5 Å². The molecule has 0 spiro atoms. The Morgan fingerprint density at radius 2 is 1.77 bits per heavy atom. The van der Waals surface area contributed by atoms with Gasteiger partial charge in [-0.15, -0.1) is 11.3 Å². The number of hydrogen-bond donors (Lipinski definition) is 1. The highest BCUT2D eigenvalue weighted by Crippen LogP contribution is 2.28. The summed E-state index contributed by atoms with van der Waals surface area (Å²) in [5.74, 6) is 1.09. The first-order valence-electron chi connectivity index (χ1n) is 7.66. The number of carbonyl (C=O) groups is 1. The first-order valence-corrected chi connectivity index (χ1v) is 9.29. The minimum Gasteiger partial charge on any atom is -0.493 e. The molecule has 1 aromatic heterocycles. The van der Waals surface area contributed by atoms with E-state index in [0.717, 1.165) is 5.56 Å². The number of methoxy groups -OCH3 is 1. The Balaban J connectivity index is 1.64. The zero-order chi connectivity index (χ0) is 18.5. The summed E-state index contributed by atoms with van der Waals surface area (Å²) in [6.07, 6.45) is 0. The SMILES string of the molecule is COc1ccccc1OCc1csc(C(=O)Nc2cc(Cl)cc(Cl)c2)c1. The zero-order valence-corrected chi connectivity index (χ0v) is 16.1. The average Bonchev–Trinajstić information content (AvgIpc) is 3.08. The molecule has 3 aromatic rings. The van der Waals surface area contributed by atoms with Gasteiger partial charge in [-0.05, 0) is 41.8 Å². The fourth-order valence-electron chi connectivity index (χ4n) is 2.29. The summed E-state index contributed by atoms with van der Waals surface area (Å²) in [6, 6.07) is 14.1. The van der Waals surface area contributed by atoms with Crippen LogP contribution in [0.2, 0.25) is 10.0 Å². The van der Waals surface area contributed by atoms with Crippen LogP contribution in [0.25, 0.3) is 0 Å². The van der Waals surface area contributed by atoms with Crippen molar-refractivity contribution in [3.8, 4) is 11.5 Å². The molecule has 0 aliphatic heterocycles. The predicted molar refractivity (Wildman–Crippen MR) is 106 cm³/mol. The van der Waals surface area contributed by atoms with Gasteiger partial charge in [0.05, 0.1) is 12.0 Å². The minimum atomic E-state index is -0.225. The third-order valence-corrected chi connectivity index (χ3v) is 4.88. The van der Waals surface area contributed by atoms with Gasteiger partial charge in [0.15, 0.2) is 11.5 Å². The lowest BCUT2D eigenvalue weighted by molar-refractivity contribution is 0.103. The summed E-state index contributed by atoms with van der Waals surface area (Å²) in [4.78, 5) is 12.9. The van der Waals surface area contributed by atoms with E-state index in [1.54, 1.807) is 31.4 Å². The largest absolute Gasteiger partial charge is 0.493 e. The number of nitrogens with one attached hydrogen (secondary N) is 1. The molecule has 0 radical (unpaired) electrons. The number of benzene rings is 2. The molecule has 0 bridgehead atoms. The lowest BCUT2D eigenvalue weighted by Crippen LogP contribution is -2.10. The molecule has 4 nitrogen and oxygen atoms in total. The Morgan fingerprint density at radius 3 is 2.46 bits per heavy atom. The maximum atomic E-state index is 12.4. The van der Waals surface area contributed by atoms with Gasteiger partial charge in [0.25, 0.3) is 5.91 Å². The molecule has 26 heavy (non-hydrogen) atoms. The van der Waals surface area contributed by atoms with Crippen molar-refractivity contribution in [2.75, 3.05) is 12.4 Å². The molecule has 0 saturated heterocycles. The fourth-order valence-corrected chi connectivity index (χ4v) is 3.61. The van der Waals surface area contributed by atoms with Crippen LogP contribution in [0.3, 0.4) is 0 Å². The van der Waals surface area contributed by atoms with Crippen LogP contribution in [-0.2, 0) is 6.61 Å². The van der Waals surface area contributed by atoms with E-state index in [-0.39, 0.29) is 5.91 Å². The highest BCUT2D eigenvalue weighted by molar-refractivity contribution is 7.12. The first kappa shape index (κ1) is 18.6. The second-order valence-electron chi connectivity index (χ2n) is 5.37. The van der Waals surface area contributed by atoms with Gasteiger partial charge in [0.1, 0.15) is 6.61 Å². The topological polar surface area (TPSA) is 47.6 Å². The lowest BCUT2D eigenvalue weighted by Gasteiger charge is -2.09. The number of halogens is 2. The molecule has 1 heterocycles. The molecule has 0 aliphatic rings. The number of hydrogen-bond acceptors (Lipinski definition) is 4. The van der Waals surface area contributed by atoms with Gasteiger partial charge in [-0.3, -0.25) is 4.79 Å². The van der Waals surface area contributed by atoms with Crippen LogP contribution in [0.1, 0.15) is 15.2 Å². The minimum absolute atomic E-state index is 0.225. The Morgan fingerprint density at radius 1 is 1.08 bits per heavy atom. The highest BCUT2D eigenvalue weighted by atomic mass is 35.5. The zero-order valence-electron chi connectivity index (χ0n) is 13.8. The van der Waals surface area contributed by atoms with Crippen molar-refractivity contribution in [1.29, 1.82) is 0 Å². The summed E-state index contributed by atoms with van der Waals surface area (Å²) >= 11 is 13.2. The first-order chi connectivity index (χ1) is 12.5. The summed E-state index contributed by atoms with van der Waals surface area (Å²) in [6.45, 7) is 0.340. The van der Waals surface area contributed by atoms with E-state index in [9.17, 15) is 4.79 Å². The van der Waals surface area contributed by atoms with Crippen LogP contribution in [0.15, 0.2) is 53.9 Å². The average molecular weight is 408 g/mol. The molecular weight excluding hydrogens is 393 g/mol. The van der Waals surface area contributed by atoms with Gasteiger partial charge >= 0.3 is 0 Å². The lowest BCUT2D eigenvalue weighted by atomic mass is 10.3. The van der Waals surface area contributed by atoms with Gasteiger partial charge in [-0.2, -0.15) is 0 Å². The Kier molecular flexibility index (Phi) is 6.04. The molecular formula is C19H15Cl2NO3S. The van der Waals surface area contributed by atoms with Crippen LogP contribution < -0.4 is 14.8 Å². The van der Waals surface area contributed by atoms with Crippen LogP contribution in [0.4, 0.5) is 5.69 Å². The third kappa shape index (κ3) is 4.69. The van der Waals surface area contributed by atoms with Gasteiger partial charge < -0.3 is 14.8 Å². The predicted octanol–water partition coefficient (Wildman–Crippen LogP) is 5.89. The second kappa shape index (κ2) is 8.45. The Labute approximate surface area is 165 Å². The van der Waals surface area contributed by atoms with Crippen molar-refractivity contribution in [2.24, 2.45) is 0 Å². The molecule has 3 rings (SSSR count). The Hall–Kier alpha value is -2.21. The number of ether oxygens (including phenoxy) is 2. The number of para-hydroxylation sites is 2. The number of amides is 1. The number of carbonyl (C=O) groups excluding carboxylic acids is 1. The maximum absolute atomic E-state index is 12.4. The summed E-state index contributed by atoms with van der Waals surface area (Å²) in [5, 5.41) is 5.60. The van der Waals surface area contributed by atoms with Crippen molar-refractivity contribution in [3.05, 3.63) is 74.4 Å². The monoisotopic (exact) mass is 407 g/mol. The van der Waals surface area contributed by atoms with Crippen molar-refractivity contribution in [3.63, 3.8) is 0 Å². The number of thiophene rings is 1. The second-order valence-corrected chi connectivity index (χ2v) is 7.16. The number of anilines is 1. The maximum Gasteiger partial charge on any atom is 0.265 e. The van der Waals surface area contributed by atoms with E-state index >= 15 is 0 Å². The molecule has 2 aromatic carbocycles. The van der Waals surface area contributed by atoms with Gasteiger partial charge in [-0.1, -0.05) is 35.3 Å². The Bertz CT molecular complexity index is 906. The van der Waals surface area contributed by atoms with E-state index in [2.05, 4.69) is 5.32 Å². The van der Waals surface area contributed by atoms with Crippen molar-refractivity contribution in [1.82, 2.24) is 0 Å². The van der Waals surface area contributed by atoms with Gasteiger partial charge in [0.2, 0.25) is 0 Å². The standard InChI is InChI=1S/C19H15Cl2NO3S/c1-24-16-4-2-3-5-17(16)25-10-12-6-18(26-11-12)19(23)22-15-8-13(20)7-14(21)9-15/h2-9,11H,10H2,1H3,(H,22,23). The molecule has 1 N–H and O–H groups in total. The van der Waals surface area contributed by atoms with Crippen molar-refractivity contribution in [2.45, 2.75) is 6.61 Å². The molecule has 134 valence electrons. The molecule has 0 atom stereocenters. The highest BCUT2D eigenvalue weighted by Gasteiger charge is 2.11. The molecule has 0 fully saturated rings. The van der Waals surface area contributed by atoms with Crippen molar-refractivity contribution < 1.29 is 14.3 Å². The molecule has 0 aliphatic carbocycles. The van der Waals surface area contributed by atoms with Crippen molar-refractivity contribution >= 4 is 46.1 Å². The quantitative estimate of drug-likeness (QED) is 0.553. The number of rotatable bonds is 6. The summed E-state index contributed by atoms with van der Waals surface area (Å²) < 4.78 is 11.0. The molecule has 1 amide bonds. The fraction of sp³-hybridized carbons (Fsp3) is 0.105.